The molecule has 0 aliphatic heterocycles. The van der Waals surface area contributed by atoms with Gasteiger partial charge in [-0.25, -0.2) is 0 Å². The first-order chi connectivity index (χ1) is 6.52. The lowest BCUT2D eigenvalue weighted by atomic mass is 10.2. The molecule has 0 aliphatic rings. The van der Waals surface area contributed by atoms with Crippen LogP contribution in [0.25, 0.3) is 0 Å². The Morgan fingerprint density at radius 3 is 2.21 bits per heavy atom. The van der Waals surface area contributed by atoms with Gasteiger partial charge in [-0.3, -0.25) is 0 Å². The van der Waals surface area contributed by atoms with E-state index >= 15 is 0 Å². The molecule has 0 fully saturated rings. The predicted molar refractivity (Wildman–Crippen MR) is 56.7 cm³/mol. The average molecular weight is 196 g/mol. The predicted octanol–water partition coefficient (Wildman–Crippen LogP) is 0.752. The van der Waals surface area contributed by atoms with Crippen molar-refractivity contribution in [1.29, 1.82) is 0 Å². The number of benzene rings is 1. The minimum absolute atomic E-state index is 0.605. The van der Waals surface area contributed by atoms with Crippen molar-refractivity contribution in [3.8, 4) is 0 Å². The van der Waals surface area contributed by atoms with Crippen LogP contribution in [0.4, 0.5) is 11.4 Å². The minimum atomic E-state index is -0.753. The summed E-state index contributed by atoms with van der Waals surface area (Å²) in [5, 5.41) is 18.9. The second kappa shape index (κ2) is 4.30. The second-order valence-electron chi connectivity index (χ2n) is 3.27. The zero-order valence-corrected chi connectivity index (χ0v) is 8.38. The smallest absolute Gasteiger partial charge is 0.126 e. The van der Waals surface area contributed by atoms with Crippen LogP contribution < -0.4 is 10.6 Å². The summed E-state index contributed by atoms with van der Waals surface area (Å²) in [6.07, 6.45) is -1.51. The quantitative estimate of drug-likeness (QED) is 0.493. The summed E-state index contributed by atoms with van der Waals surface area (Å²) in [5.41, 5.74) is 6.92. The van der Waals surface area contributed by atoms with Crippen molar-refractivity contribution >= 4 is 11.4 Å². The summed E-state index contributed by atoms with van der Waals surface area (Å²) in [6.45, 7) is 3.19. The van der Waals surface area contributed by atoms with Gasteiger partial charge in [-0.2, -0.15) is 0 Å². The van der Waals surface area contributed by atoms with E-state index in [9.17, 15) is 10.2 Å². The summed E-state index contributed by atoms with van der Waals surface area (Å²) in [6, 6.07) is 7.03. The largest absolute Gasteiger partial charge is 0.399 e. The van der Waals surface area contributed by atoms with E-state index in [1.807, 2.05) is 0 Å². The molecule has 14 heavy (non-hydrogen) atoms. The van der Waals surface area contributed by atoms with Gasteiger partial charge in [0.1, 0.15) is 12.5 Å². The molecule has 1 aromatic rings. The third-order valence-corrected chi connectivity index (χ3v) is 1.97. The fourth-order valence-electron chi connectivity index (χ4n) is 1.43. The number of nitrogens with zero attached hydrogens (tertiary/aromatic N) is 1. The maximum Gasteiger partial charge on any atom is 0.126 e. The molecule has 78 valence electrons. The molecule has 0 unspecified atom stereocenters. The number of aliphatic hydroxyl groups excluding tert-OH is 2. The van der Waals surface area contributed by atoms with Gasteiger partial charge in [0, 0.05) is 11.4 Å². The van der Waals surface area contributed by atoms with Crippen molar-refractivity contribution < 1.29 is 10.2 Å². The van der Waals surface area contributed by atoms with Crippen molar-refractivity contribution in [2.75, 3.05) is 10.6 Å². The van der Waals surface area contributed by atoms with E-state index in [4.69, 9.17) is 5.73 Å². The first kappa shape index (κ1) is 10.8. The Morgan fingerprint density at radius 2 is 1.79 bits per heavy atom. The lowest BCUT2D eigenvalue weighted by molar-refractivity contribution is 0.105. The van der Waals surface area contributed by atoms with Crippen molar-refractivity contribution in [2.45, 2.75) is 26.3 Å². The molecule has 0 spiro atoms. The molecule has 4 nitrogen and oxygen atoms in total. The fourth-order valence-corrected chi connectivity index (χ4v) is 1.43. The van der Waals surface area contributed by atoms with Crippen molar-refractivity contribution in [2.24, 2.45) is 0 Å². The van der Waals surface area contributed by atoms with E-state index in [1.54, 1.807) is 38.1 Å². The topological polar surface area (TPSA) is 69.7 Å². The number of anilines is 2. The molecule has 0 bridgehead atoms. The number of hydrogen-bond donors (Lipinski definition) is 3. The van der Waals surface area contributed by atoms with Crippen LogP contribution in [0.2, 0.25) is 0 Å². The number of rotatable bonds is 3. The zero-order valence-electron chi connectivity index (χ0n) is 8.38. The van der Waals surface area contributed by atoms with Crippen molar-refractivity contribution in [3.63, 3.8) is 0 Å². The number of nitrogen functional groups attached to an aromatic ring is 1. The van der Waals surface area contributed by atoms with E-state index in [-0.39, 0.29) is 0 Å². The molecule has 0 saturated carbocycles. The molecule has 1 aromatic carbocycles. The Hall–Kier alpha value is -1.26. The van der Waals surface area contributed by atoms with Crippen LogP contribution in [0.5, 0.6) is 0 Å². The highest BCUT2D eigenvalue weighted by atomic mass is 16.3. The summed E-state index contributed by atoms with van der Waals surface area (Å²) >= 11 is 0. The van der Waals surface area contributed by atoms with E-state index in [1.165, 1.54) is 4.90 Å². The lowest BCUT2D eigenvalue weighted by Crippen LogP contribution is -2.40. The fraction of sp³-hybridized carbons (Fsp3) is 0.400. The summed E-state index contributed by atoms with van der Waals surface area (Å²) in [4.78, 5) is 1.47. The summed E-state index contributed by atoms with van der Waals surface area (Å²) in [5.74, 6) is 0. The second-order valence-corrected chi connectivity index (χ2v) is 3.27. The van der Waals surface area contributed by atoms with Gasteiger partial charge in [-0.1, -0.05) is 6.07 Å². The minimum Gasteiger partial charge on any atom is -0.399 e. The number of aliphatic hydroxyl groups is 2. The maximum absolute atomic E-state index is 9.45. The summed E-state index contributed by atoms with van der Waals surface area (Å²) in [7, 11) is 0. The molecule has 4 N–H and O–H groups in total. The van der Waals surface area contributed by atoms with E-state index in [0.29, 0.717) is 11.4 Å². The molecular weight excluding hydrogens is 180 g/mol. The molecular formula is C10H16N2O2. The van der Waals surface area contributed by atoms with Crippen LogP contribution in [0.15, 0.2) is 24.3 Å². The number of hydrogen-bond acceptors (Lipinski definition) is 4. The van der Waals surface area contributed by atoms with Gasteiger partial charge in [-0.15, -0.1) is 0 Å². The first-order valence-corrected chi connectivity index (χ1v) is 4.52. The third kappa shape index (κ3) is 2.37. The molecule has 0 saturated heterocycles. The lowest BCUT2D eigenvalue weighted by Gasteiger charge is -2.30. The van der Waals surface area contributed by atoms with Gasteiger partial charge < -0.3 is 20.8 Å². The van der Waals surface area contributed by atoms with E-state index in [0.717, 1.165) is 0 Å². The monoisotopic (exact) mass is 196 g/mol. The molecule has 0 radical (unpaired) electrons. The Kier molecular flexibility index (Phi) is 3.33. The van der Waals surface area contributed by atoms with Crippen LogP contribution in [0.1, 0.15) is 13.8 Å². The third-order valence-electron chi connectivity index (χ3n) is 1.97. The molecule has 0 aliphatic carbocycles. The molecule has 4 heteroatoms. The Bertz CT molecular complexity index is 292. The van der Waals surface area contributed by atoms with E-state index in [2.05, 4.69) is 0 Å². The first-order valence-electron chi connectivity index (χ1n) is 4.52. The molecule has 2 atom stereocenters. The highest BCUT2D eigenvalue weighted by molar-refractivity contribution is 5.56. The van der Waals surface area contributed by atoms with Crippen LogP contribution in [0, 0.1) is 0 Å². The van der Waals surface area contributed by atoms with Crippen molar-refractivity contribution in [1.82, 2.24) is 0 Å². The highest BCUT2D eigenvalue weighted by Crippen LogP contribution is 2.20. The zero-order chi connectivity index (χ0) is 10.7. The molecule has 0 heterocycles. The van der Waals surface area contributed by atoms with Gasteiger partial charge in [-0.05, 0) is 32.0 Å². The SMILES string of the molecule is C[C@@H](O)N(c1cccc(N)c1)[C@@H](C)O. The summed E-state index contributed by atoms with van der Waals surface area (Å²) < 4.78 is 0. The molecule has 0 aromatic heterocycles. The Balaban J connectivity index is 2.99. The van der Waals surface area contributed by atoms with Gasteiger partial charge in [0.15, 0.2) is 0 Å². The highest BCUT2D eigenvalue weighted by Gasteiger charge is 2.16. The Morgan fingerprint density at radius 1 is 1.21 bits per heavy atom. The molecule has 0 amide bonds. The van der Waals surface area contributed by atoms with Crippen LogP contribution in [-0.2, 0) is 0 Å². The normalized spacial score (nSPS) is 14.9. The van der Waals surface area contributed by atoms with E-state index < -0.39 is 12.5 Å². The van der Waals surface area contributed by atoms with Crippen LogP contribution >= 0.6 is 0 Å². The number of nitrogens with two attached hydrogens (primary N) is 1. The standard InChI is InChI=1S/C10H16N2O2/c1-7(13)12(8(2)14)10-5-3-4-9(11)6-10/h3-8,13-14H,11H2,1-2H3/t7-,8-/m1/s1. The van der Waals surface area contributed by atoms with Gasteiger partial charge in [0.25, 0.3) is 0 Å². The van der Waals surface area contributed by atoms with Crippen molar-refractivity contribution in [3.05, 3.63) is 24.3 Å². The van der Waals surface area contributed by atoms with Crippen LogP contribution in [0.3, 0.4) is 0 Å². The maximum atomic E-state index is 9.45. The molecule has 1 rings (SSSR count). The average Bonchev–Trinajstić information content (AvgIpc) is 2.02. The van der Waals surface area contributed by atoms with Crippen LogP contribution in [-0.4, -0.2) is 22.7 Å². The van der Waals surface area contributed by atoms with Gasteiger partial charge >= 0.3 is 0 Å². The van der Waals surface area contributed by atoms with Gasteiger partial charge in [0.05, 0.1) is 0 Å². The Labute approximate surface area is 83.6 Å². The van der Waals surface area contributed by atoms with Gasteiger partial charge in [0.2, 0.25) is 0 Å².